The summed E-state index contributed by atoms with van der Waals surface area (Å²) in [5, 5.41) is 0. The van der Waals surface area contributed by atoms with Crippen LogP contribution in [0.5, 0.6) is 5.75 Å². The normalized spacial score (nSPS) is 15.9. The zero-order valence-corrected chi connectivity index (χ0v) is 14.4. The summed E-state index contributed by atoms with van der Waals surface area (Å²) >= 11 is 6.60. The van der Waals surface area contributed by atoms with Gasteiger partial charge in [-0.15, -0.1) is 0 Å². The Morgan fingerprint density at radius 3 is 2.42 bits per heavy atom. The molecule has 0 aromatic heterocycles. The molecule has 0 saturated carbocycles. The Morgan fingerprint density at radius 1 is 1.12 bits per heavy atom. The molecule has 0 unspecified atom stereocenters. The van der Waals surface area contributed by atoms with Gasteiger partial charge in [0.15, 0.2) is 4.32 Å². The van der Waals surface area contributed by atoms with Crippen molar-refractivity contribution < 1.29 is 14.3 Å². The molecule has 1 aliphatic heterocycles. The zero-order chi connectivity index (χ0) is 17.1. The Balaban J connectivity index is 1.82. The number of esters is 1. The average Bonchev–Trinajstić information content (AvgIpc) is 2.83. The third kappa shape index (κ3) is 3.55. The fraction of sp³-hybridized carbons (Fsp3) is 0.0556. The number of hydrogen-bond acceptors (Lipinski definition) is 5. The topological polar surface area (TPSA) is 46.6 Å². The lowest BCUT2D eigenvalue weighted by molar-refractivity contribution is -0.131. The van der Waals surface area contributed by atoms with Crippen LogP contribution >= 0.6 is 24.0 Å². The van der Waals surface area contributed by atoms with Gasteiger partial charge in [-0.25, -0.2) is 0 Å². The van der Waals surface area contributed by atoms with Crippen LogP contribution in [0.4, 0.5) is 5.69 Å². The van der Waals surface area contributed by atoms with Crippen molar-refractivity contribution in [2.45, 2.75) is 6.92 Å². The van der Waals surface area contributed by atoms with Gasteiger partial charge in [-0.1, -0.05) is 54.3 Å². The van der Waals surface area contributed by atoms with Crippen molar-refractivity contribution in [3.05, 3.63) is 65.1 Å². The largest absolute Gasteiger partial charge is 0.427 e. The van der Waals surface area contributed by atoms with Crippen LogP contribution in [-0.2, 0) is 9.59 Å². The minimum absolute atomic E-state index is 0.139. The number of hydrogen-bond donors (Lipinski definition) is 0. The van der Waals surface area contributed by atoms with Gasteiger partial charge in [-0.05, 0) is 35.9 Å². The molecule has 0 bridgehead atoms. The standard InChI is InChI=1S/C18H13NO3S2/c1-12(20)22-15-9-7-13(8-10-15)11-16-17(21)19(18(23)24-16)14-5-3-2-4-6-14/h2-11H,1H3. The van der Waals surface area contributed by atoms with Crippen molar-refractivity contribution in [3.8, 4) is 5.75 Å². The maximum atomic E-state index is 12.6. The number of para-hydroxylation sites is 1. The predicted molar refractivity (Wildman–Crippen MR) is 99.8 cm³/mol. The molecule has 1 amide bonds. The molecule has 3 rings (SSSR count). The van der Waals surface area contributed by atoms with Crippen molar-refractivity contribution >= 4 is 51.9 Å². The van der Waals surface area contributed by atoms with Crippen LogP contribution in [0, 0.1) is 0 Å². The molecule has 24 heavy (non-hydrogen) atoms. The number of ether oxygens (including phenoxy) is 1. The Hall–Kier alpha value is -2.44. The summed E-state index contributed by atoms with van der Waals surface area (Å²) in [6.45, 7) is 1.35. The van der Waals surface area contributed by atoms with Crippen molar-refractivity contribution in [1.29, 1.82) is 0 Å². The first-order valence-corrected chi connectivity index (χ1v) is 8.38. The summed E-state index contributed by atoms with van der Waals surface area (Å²) in [4.78, 5) is 25.6. The molecule has 0 atom stereocenters. The quantitative estimate of drug-likeness (QED) is 0.360. The fourth-order valence-electron chi connectivity index (χ4n) is 2.22. The monoisotopic (exact) mass is 355 g/mol. The highest BCUT2D eigenvalue weighted by molar-refractivity contribution is 8.27. The van der Waals surface area contributed by atoms with Gasteiger partial charge in [0.1, 0.15) is 5.75 Å². The van der Waals surface area contributed by atoms with E-state index in [1.54, 1.807) is 30.3 Å². The number of nitrogens with zero attached hydrogens (tertiary/aromatic N) is 1. The van der Waals surface area contributed by atoms with E-state index in [-0.39, 0.29) is 11.9 Å². The van der Waals surface area contributed by atoms with Gasteiger partial charge in [0.2, 0.25) is 0 Å². The lowest BCUT2D eigenvalue weighted by Crippen LogP contribution is -2.27. The van der Waals surface area contributed by atoms with E-state index in [1.807, 2.05) is 30.3 Å². The van der Waals surface area contributed by atoms with E-state index in [0.717, 1.165) is 11.3 Å². The number of thioether (sulfide) groups is 1. The summed E-state index contributed by atoms with van der Waals surface area (Å²) in [5.74, 6) is -0.0387. The van der Waals surface area contributed by atoms with Gasteiger partial charge in [-0.2, -0.15) is 0 Å². The first-order chi connectivity index (χ1) is 11.5. The van der Waals surface area contributed by atoms with Crippen molar-refractivity contribution in [3.63, 3.8) is 0 Å². The fourth-order valence-corrected chi connectivity index (χ4v) is 3.52. The zero-order valence-electron chi connectivity index (χ0n) is 12.8. The Labute approximate surface area is 149 Å². The minimum Gasteiger partial charge on any atom is -0.427 e. The number of thiocarbonyl (C=S) groups is 1. The highest BCUT2D eigenvalue weighted by Gasteiger charge is 2.33. The number of rotatable bonds is 3. The first kappa shape index (κ1) is 16.4. The number of carbonyl (C=O) groups is 2. The third-order valence-corrected chi connectivity index (χ3v) is 4.55. The van der Waals surface area contributed by atoms with Crippen molar-refractivity contribution in [2.75, 3.05) is 4.90 Å². The molecule has 1 aliphatic rings. The molecule has 4 nitrogen and oxygen atoms in total. The van der Waals surface area contributed by atoms with Crippen LogP contribution in [-0.4, -0.2) is 16.2 Å². The lowest BCUT2D eigenvalue weighted by atomic mass is 10.2. The van der Waals surface area contributed by atoms with Crippen LogP contribution in [0.2, 0.25) is 0 Å². The molecule has 120 valence electrons. The Morgan fingerprint density at radius 2 is 1.79 bits per heavy atom. The van der Waals surface area contributed by atoms with Gasteiger partial charge in [0.25, 0.3) is 5.91 Å². The van der Waals surface area contributed by atoms with E-state index in [2.05, 4.69) is 0 Å². The van der Waals surface area contributed by atoms with Crippen LogP contribution in [0.25, 0.3) is 6.08 Å². The molecule has 2 aromatic carbocycles. The summed E-state index contributed by atoms with van der Waals surface area (Å²) in [6.07, 6.45) is 1.78. The molecule has 0 N–H and O–H groups in total. The number of amides is 1. The molecule has 2 aromatic rings. The van der Waals surface area contributed by atoms with Gasteiger partial charge in [0, 0.05) is 6.92 Å². The third-order valence-electron chi connectivity index (χ3n) is 3.25. The molecule has 6 heteroatoms. The highest BCUT2D eigenvalue weighted by Crippen LogP contribution is 2.35. The second-order valence-electron chi connectivity index (χ2n) is 5.02. The molecular formula is C18H13NO3S2. The van der Waals surface area contributed by atoms with Gasteiger partial charge < -0.3 is 4.74 Å². The van der Waals surface area contributed by atoms with Gasteiger partial charge in [0.05, 0.1) is 10.6 Å². The Kier molecular flexibility index (Phi) is 4.78. The van der Waals surface area contributed by atoms with Crippen LogP contribution in [0.1, 0.15) is 12.5 Å². The summed E-state index contributed by atoms with van der Waals surface area (Å²) in [5.41, 5.74) is 1.59. The van der Waals surface area contributed by atoms with E-state index in [1.165, 1.54) is 23.6 Å². The maximum absolute atomic E-state index is 12.6. The van der Waals surface area contributed by atoms with E-state index in [9.17, 15) is 9.59 Å². The van der Waals surface area contributed by atoms with E-state index in [0.29, 0.717) is 15.0 Å². The summed E-state index contributed by atoms with van der Waals surface area (Å²) in [7, 11) is 0. The van der Waals surface area contributed by atoms with Crippen LogP contribution in [0.15, 0.2) is 59.5 Å². The second kappa shape index (κ2) is 6.98. The van der Waals surface area contributed by atoms with E-state index in [4.69, 9.17) is 17.0 Å². The number of benzene rings is 2. The van der Waals surface area contributed by atoms with Crippen molar-refractivity contribution in [2.24, 2.45) is 0 Å². The number of anilines is 1. The first-order valence-electron chi connectivity index (χ1n) is 7.16. The predicted octanol–water partition coefficient (Wildman–Crippen LogP) is 4.02. The molecule has 0 aliphatic carbocycles. The summed E-state index contributed by atoms with van der Waals surface area (Å²) < 4.78 is 5.50. The molecule has 1 fully saturated rings. The van der Waals surface area contributed by atoms with Gasteiger partial charge >= 0.3 is 5.97 Å². The summed E-state index contributed by atoms with van der Waals surface area (Å²) in [6, 6.07) is 16.3. The van der Waals surface area contributed by atoms with Crippen molar-refractivity contribution in [1.82, 2.24) is 0 Å². The average molecular weight is 355 g/mol. The van der Waals surface area contributed by atoms with E-state index >= 15 is 0 Å². The highest BCUT2D eigenvalue weighted by atomic mass is 32.2. The second-order valence-corrected chi connectivity index (χ2v) is 6.69. The molecule has 0 spiro atoms. The maximum Gasteiger partial charge on any atom is 0.308 e. The Bertz CT molecular complexity index is 829. The van der Waals surface area contributed by atoms with Crippen LogP contribution < -0.4 is 9.64 Å². The molecule has 1 heterocycles. The number of carbonyl (C=O) groups excluding carboxylic acids is 2. The van der Waals surface area contributed by atoms with Crippen LogP contribution in [0.3, 0.4) is 0 Å². The van der Waals surface area contributed by atoms with Gasteiger partial charge in [-0.3, -0.25) is 14.5 Å². The molecular weight excluding hydrogens is 342 g/mol. The van der Waals surface area contributed by atoms with E-state index < -0.39 is 0 Å². The smallest absolute Gasteiger partial charge is 0.308 e. The SMILES string of the molecule is CC(=O)Oc1ccc(C=C2SC(=S)N(c3ccccc3)C2=O)cc1. The molecule has 1 saturated heterocycles. The molecule has 0 radical (unpaired) electrons. The minimum atomic E-state index is -0.369. The lowest BCUT2D eigenvalue weighted by Gasteiger charge is -2.13.